The number of pyridine rings is 1. The van der Waals surface area contributed by atoms with Gasteiger partial charge >= 0.3 is 12.3 Å². The van der Waals surface area contributed by atoms with E-state index in [0.717, 1.165) is 12.1 Å². The summed E-state index contributed by atoms with van der Waals surface area (Å²) in [5, 5.41) is 0. The van der Waals surface area contributed by atoms with Crippen LogP contribution in [0, 0.1) is 0 Å². The molecule has 10 heteroatoms. The van der Waals surface area contributed by atoms with Crippen molar-refractivity contribution in [1.82, 2.24) is 14.8 Å². The van der Waals surface area contributed by atoms with E-state index in [1.165, 1.54) is 0 Å². The molecule has 2 atom stereocenters. The van der Waals surface area contributed by atoms with Crippen LogP contribution in [-0.4, -0.2) is 64.2 Å². The zero-order valence-electron chi connectivity index (χ0n) is 16.5. The van der Waals surface area contributed by atoms with E-state index < -0.39 is 29.5 Å². The Kier molecular flexibility index (Phi) is 5.64. The van der Waals surface area contributed by atoms with Crippen LogP contribution in [0.2, 0.25) is 0 Å². The number of carbonyl (C=O) groups excluding carboxylic acids is 2. The Bertz CT molecular complexity index is 761. The van der Waals surface area contributed by atoms with Crippen molar-refractivity contribution in [3.05, 3.63) is 23.9 Å². The van der Waals surface area contributed by atoms with Gasteiger partial charge in [-0.1, -0.05) is 0 Å². The van der Waals surface area contributed by atoms with Crippen LogP contribution in [-0.2, 0) is 15.7 Å². The average Bonchev–Trinajstić information content (AvgIpc) is 2.77. The molecule has 0 radical (unpaired) electrons. The first-order valence-corrected chi connectivity index (χ1v) is 9.42. The zero-order valence-corrected chi connectivity index (χ0v) is 16.5. The number of aromatic nitrogens is 1. The van der Waals surface area contributed by atoms with Crippen molar-refractivity contribution in [3.8, 4) is 5.88 Å². The van der Waals surface area contributed by atoms with Crippen LogP contribution < -0.4 is 4.74 Å². The highest BCUT2D eigenvalue weighted by atomic mass is 19.4. The SMILES string of the molecule is CC(C)(C)OC(=O)N1CCCN2C(=O)C(Oc3ccc(C(F)(F)F)cn3)C[C@H]2C1. The molecule has 2 fully saturated rings. The van der Waals surface area contributed by atoms with Crippen LogP contribution in [0.4, 0.5) is 18.0 Å². The molecule has 1 unspecified atom stereocenters. The molecule has 7 nitrogen and oxygen atoms in total. The van der Waals surface area contributed by atoms with Gasteiger partial charge in [-0.05, 0) is 33.3 Å². The Morgan fingerprint density at radius 1 is 1.21 bits per heavy atom. The fourth-order valence-corrected chi connectivity index (χ4v) is 3.44. The Balaban J connectivity index is 1.65. The molecule has 3 heterocycles. The van der Waals surface area contributed by atoms with E-state index in [-0.39, 0.29) is 17.8 Å². The molecular weight excluding hydrogens is 391 g/mol. The van der Waals surface area contributed by atoms with E-state index in [1.807, 2.05) is 0 Å². The van der Waals surface area contributed by atoms with E-state index in [1.54, 1.807) is 30.6 Å². The van der Waals surface area contributed by atoms with Crippen LogP contribution in [0.5, 0.6) is 5.88 Å². The topological polar surface area (TPSA) is 72.0 Å². The fourth-order valence-electron chi connectivity index (χ4n) is 3.44. The van der Waals surface area contributed by atoms with Crippen molar-refractivity contribution in [2.75, 3.05) is 19.6 Å². The van der Waals surface area contributed by atoms with Crippen molar-refractivity contribution >= 4 is 12.0 Å². The van der Waals surface area contributed by atoms with E-state index >= 15 is 0 Å². The summed E-state index contributed by atoms with van der Waals surface area (Å²) in [6, 6.07) is 1.73. The second-order valence-electron chi connectivity index (χ2n) is 8.19. The summed E-state index contributed by atoms with van der Waals surface area (Å²) in [5.74, 6) is -0.291. The molecule has 0 spiro atoms. The number of hydrogen-bond acceptors (Lipinski definition) is 5. The van der Waals surface area contributed by atoms with Gasteiger partial charge in [-0.2, -0.15) is 13.2 Å². The highest BCUT2D eigenvalue weighted by Crippen LogP contribution is 2.31. The maximum atomic E-state index is 12.7. The van der Waals surface area contributed by atoms with Gasteiger partial charge in [0.1, 0.15) is 5.60 Å². The van der Waals surface area contributed by atoms with Gasteiger partial charge in [-0.15, -0.1) is 0 Å². The van der Waals surface area contributed by atoms with Gasteiger partial charge in [0, 0.05) is 38.3 Å². The monoisotopic (exact) mass is 415 g/mol. The number of rotatable bonds is 2. The van der Waals surface area contributed by atoms with Gasteiger partial charge in [-0.3, -0.25) is 4.79 Å². The van der Waals surface area contributed by atoms with Crippen LogP contribution >= 0.6 is 0 Å². The maximum absolute atomic E-state index is 12.7. The molecule has 0 aliphatic carbocycles. The Morgan fingerprint density at radius 2 is 1.93 bits per heavy atom. The number of fused-ring (bicyclic) bond motifs is 1. The summed E-state index contributed by atoms with van der Waals surface area (Å²) in [6.45, 7) is 6.64. The van der Waals surface area contributed by atoms with Gasteiger partial charge < -0.3 is 19.3 Å². The Hall–Kier alpha value is -2.52. The first kappa shape index (κ1) is 21.2. The lowest BCUT2D eigenvalue weighted by Crippen LogP contribution is -2.42. The molecule has 160 valence electrons. The van der Waals surface area contributed by atoms with Crippen LogP contribution in [0.3, 0.4) is 0 Å². The zero-order chi connectivity index (χ0) is 21.4. The highest BCUT2D eigenvalue weighted by Gasteiger charge is 2.44. The molecule has 2 aliphatic heterocycles. The molecule has 0 N–H and O–H groups in total. The first-order valence-electron chi connectivity index (χ1n) is 9.42. The van der Waals surface area contributed by atoms with Crippen molar-refractivity contribution < 1.29 is 32.2 Å². The van der Waals surface area contributed by atoms with Gasteiger partial charge in [0.05, 0.1) is 11.6 Å². The quantitative estimate of drug-likeness (QED) is 0.742. The minimum atomic E-state index is -4.49. The third-order valence-corrected chi connectivity index (χ3v) is 4.72. The summed E-state index contributed by atoms with van der Waals surface area (Å²) in [5.41, 5.74) is -1.50. The smallest absolute Gasteiger partial charge is 0.417 e. The van der Waals surface area contributed by atoms with Gasteiger partial charge in [0.2, 0.25) is 5.88 Å². The molecular formula is C19H24F3N3O4. The van der Waals surface area contributed by atoms with Crippen LogP contribution in [0.25, 0.3) is 0 Å². The Labute approximate surface area is 166 Å². The average molecular weight is 415 g/mol. The Morgan fingerprint density at radius 3 is 2.52 bits per heavy atom. The van der Waals surface area contributed by atoms with E-state index in [2.05, 4.69) is 4.98 Å². The van der Waals surface area contributed by atoms with Gasteiger partial charge in [-0.25, -0.2) is 9.78 Å². The predicted octanol–water partition coefficient (Wildman–Crippen LogP) is 3.09. The molecule has 0 aromatic carbocycles. The number of amides is 2. The minimum Gasteiger partial charge on any atom is -0.464 e. The second kappa shape index (κ2) is 7.72. The van der Waals surface area contributed by atoms with E-state index in [0.29, 0.717) is 38.7 Å². The summed E-state index contributed by atoms with van der Waals surface area (Å²) in [4.78, 5) is 32.0. The third-order valence-electron chi connectivity index (χ3n) is 4.72. The maximum Gasteiger partial charge on any atom is 0.417 e. The molecule has 0 bridgehead atoms. The van der Waals surface area contributed by atoms with Crippen LogP contribution in [0.15, 0.2) is 18.3 Å². The highest BCUT2D eigenvalue weighted by molar-refractivity contribution is 5.84. The molecule has 29 heavy (non-hydrogen) atoms. The summed E-state index contributed by atoms with van der Waals surface area (Å²) < 4.78 is 48.9. The molecule has 2 aliphatic rings. The van der Waals surface area contributed by atoms with Crippen molar-refractivity contribution in [1.29, 1.82) is 0 Å². The third kappa shape index (κ3) is 5.10. The predicted molar refractivity (Wildman–Crippen MR) is 96.2 cm³/mol. The number of alkyl halides is 3. The fraction of sp³-hybridized carbons (Fsp3) is 0.632. The first-order chi connectivity index (χ1) is 13.4. The lowest BCUT2D eigenvalue weighted by Gasteiger charge is -2.28. The van der Waals surface area contributed by atoms with Crippen LogP contribution in [0.1, 0.15) is 39.2 Å². The minimum absolute atomic E-state index is 0.0435. The van der Waals surface area contributed by atoms with Gasteiger partial charge in [0.25, 0.3) is 5.91 Å². The van der Waals surface area contributed by atoms with Crippen molar-refractivity contribution in [2.45, 2.75) is 57.5 Å². The summed E-state index contributed by atoms with van der Waals surface area (Å²) in [7, 11) is 0. The van der Waals surface area contributed by atoms with Crippen molar-refractivity contribution in [3.63, 3.8) is 0 Å². The number of carbonyl (C=O) groups is 2. The number of halogens is 3. The molecule has 0 saturated carbocycles. The summed E-state index contributed by atoms with van der Waals surface area (Å²) >= 11 is 0. The molecule has 1 aromatic rings. The molecule has 2 saturated heterocycles. The lowest BCUT2D eigenvalue weighted by molar-refractivity contribution is -0.138. The summed E-state index contributed by atoms with van der Waals surface area (Å²) in [6.07, 6.45) is -4.16. The van der Waals surface area contributed by atoms with E-state index in [9.17, 15) is 22.8 Å². The van der Waals surface area contributed by atoms with E-state index in [4.69, 9.17) is 9.47 Å². The number of ether oxygens (including phenoxy) is 2. The molecule has 1 aromatic heterocycles. The largest absolute Gasteiger partial charge is 0.464 e. The normalized spacial score (nSPS) is 22.9. The number of hydrogen-bond donors (Lipinski definition) is 0. The molecule has 3 rings (SSSR count). The standard InChI is InChI=1S/C19H24F3N3O4/c1-18(2,3)29-17(27)24-7-4-8-25-13(11-24)9-14(16(25)26)28-15-6-5-12(10-23-15)19(20,21)22/h5-6,10,13-14H,4,7-9,11H2,1-3H3/t13-,14?/m0/s1. The lowest BCUT2D eigenvalue weighted by atomic mass is 10.2. The molecule has 2 amide bonds. The second-order valence-corrected chi connectivity index (χ2v) is 8.19. The van der Waals surface area contributed by atoms with Gasteiger partial charge in [0.15, 0.2) is 6.10 Å². The van der Waals surface area contributed by atoms with Crippen molar-refractivity contribution in [2.24, 2.45) is 0 Å². The number of nitrogens with zero attached hydrogens (tertiary/aromatic N) is 3.